The van der Waals surface area contributed by atoms with Crippen LogP contribution in [0.4, 0.5) is 0 Å². The van der Waals surface area contributed by atoms with Crippen LogP contribution in [0.2, 0.25) is 0 Å². The molecule has 0 aliphatic rings. The zero-order valence-corrected chi connectivity index (χ0v) is 13.1. The maximum atomic E-state index is 10.4. The number of aliphatic hydroxyl groups is 2. The molecule has 0 aliphatic carbocycles. The summed E-state index contributed by atoms with van der Waals surface area (Å²) in [5.74, 6) is 0.552. The van der Waals surface area contributed by atoms with E-state index in [1.807, 2.05) is 19.1 Å². The topological polar surface area (TPSA) is 52.5 Å². The van der Waals surface area contributed by atoms with E-state index in [0.717, 1.165) is 18.4 Å². The van der Waals surface area contributed by atoms with Crippen molar-refractivity contribution in [2.75, 3.05) is 6.54 Å². The van der Waals surface area contributed by atoms with Gasteiger partial charge in [-0.1, -0.05) is 45.0 Å². The molecule has 0 amide bonds. The van der Waals surface area contributed by atoms with E-state index in [2.05, 4.69) is 31.3 Å². The van der Waals surface area contributed by atoms with Crippen molar-refractivity contribution in [3.05, 3.63) is 35.4 Å². The van der Waals surface area contributed by atoms with Gasteiger partial charge in [0.25, 0.3) is 0 Å². The van der Waals surface area contributed by atoms with Gasteiger partial charge in [-0.25, -0.2) is 0 Å². The second-order valence-electron chi connectivity index (χ2n) is 5.69. The highest BCUT2D eigenvalue weighted by molar-refractivity contribution is 5.27. The summed E-state index contributed by atoms with van der Waals surface area (Å²) >= 11 is 0. The van der Waals surface area contributed by atoms with E-state index in [-0.39, 0.29) is 6.04 Å². The van der Waals surface area contributed by atoms with Gasteiger partial charge in [0, 0.05) is 12.6 Å². The highest BCUT2D eigenvalue weighted by Gasteiger charge is 2.19. The SMILES string of the molecule is CCC(C)c1ccc(C(O)C(CC)NCC(C)O)cc1. The molecule has 114 valence electrons. The first kappa shape index (κ1) is 17.2. The average Bonchev–Trinajstić information content (AvgIpc) is 2.46. The van der Waals surface area contributed by atoms with Crippen LogP contribution >= 0.6 is 0 Å². The average molecular weight is 279 g/mol. The Balaban J connectivity index is 2.71. The molecule has 0 saturated heterocycles. The van der Waals surface area contributed by atoms with E-state index >= 15 is 0 Å². The molecule has 0 radical (unpaired) electrons. The first-order valence-electron chi connectivity index (χ1n) is 7.68. The molecule has 1 aromatic carbocycles. The number of benzene rings is 1. The summed E-state index contributed by atoms with van der Waals surface area (Å²) in [5, 5.41) is 23.0. The van der Waals surface area contributed by atoms with Crippen molar-refractivity contribution >= 4 is 0 Å². The summed E-state index contributed by atoms with van der Waals surface area (Å²) in [6.07, 6.45) is 1.00. The highest BCUT2D eigenvalue weighted by atomic mass is 16.3. The lowest BCUT2D eigenvalue weighted by Gasteiger charge is -2.24. The smallest absolute Gasteiger partial charge is 0.0942 e. The Morgan fingerprint density at radius 2 is 1.50 bits per heavy atom. The van der Waals surface area contributed by atoms with Gasteiger partial charge in [-0.2, -0.15) is 0 Å². The zero-order valence-electron chi connectivity index (χ0n) is 13.1. The number of hydrogen-bond acceptors (Lipinski definition) is 3. The fourth-order valence-corrected chi connectivity index (χ4v) is 2.29. The third kappa shape index (κ3) is 4.89. The second kappa shape index (κ2) is 8.40. The molecule has 0 saturated carbocycles. The zero-order chi connectivity index (χ0) is 15.1. The predicted molar refractivity (Wildman–Crippen MR) is 83.9 cm³/mol. The predicted octanol–water partition coefficient (Wildman–Crippen LogP) is 2.98. The van der Waals surface area contributed by atoms with Crippen LogP contribution in [0.1, 0.15) is 63.7 Å². The Morgan fingerprint density at radius 1 is 0.950 bits per heavy atom. The molecule has 0 spiro atoms. The fourth-order valence-electron chi connectivity index (χ4n) is 2.29. The van der Waals surface area contributed by atoms with E-state index in [1.54, 1.807) is 6.92 Å². The molecule has 0 bridgehead atoms. The van der Waals surface area contributed by atoms with Crippen molar-refractivity contribution in [1.82, 2.24) is 5.32 Å². The third-order valence-electron chi connectivity index (χ3n) is 3.96. The molecular formula is C17H29NO2. The Hall–Kier alpha value is -0.900. The lowest BCUT2D eigenvalue weighted by atomic mass is 9.94. The van der Waals surface area contributed by atoms with E-state index in [1.165, 1.54) is 5.56 Å². The normalized spacial score (nSPS) is 17.5. The standard InChI is InChI=1S/C17H29NO2/c1-5-12(3)14-7-9-15(10-8-14)17(20)16(6-2)18-11-13(4)19/h7-10,12-13,16-20H,5-6,11H2,1-4H3. The van der Waals surface area contributed by atoms with E-state index in [4.69, 9.17) is 0 Å². The first-order valence-corrected chi connectivity index (χ1v) is 7.68. The van der Waals surface area contributed by atoms with Crippen LogP contribution in [0, 0.1) is 0 Å². The Kier molecular flexibility index (Phi) is 7.20. The minimum absolute atomic E-state index is 0.0287. The summed E-state index contributed by atoms with van der Waals surface area (Å²) < 4.78 is 0. The molecule has 3 nitrogen and oxygen atoms in total. The molecule has 0 heterocycles. The van der Waals surface area contributed by atoms with Gasteiger partial charge in [0.1, 0.15) is 0 Å². The summed E-state index contributed by atoms with van der Waals surface area (Å²) in [6, 6.07) is 8.21. The molecule has 0 aromatic heterocycles. The largest absolute Gasteiger partial charge is 0.392 e. The van der Waals surface area contributed by atoms with Gasteiger partial charge in [0.15, 0.2) is 0 Å². The van der Waals surface area contributed by atoms with E-state index in [0.29, 0.717) is 12.5 Å². The Bertz CT molecular complexity index is 375. The van der Waals surface area contributed by atoms with Gasteiger partial charge in [-0.15, -0.1) is 0 Å². The van der Waals surface area contributed by atoms with Crippen LogP contribution in [0.25, 0.3) is 0 Å². The maximum absolute atomic E-state index is 10.4. The van der Waals surface area contributed by atoms with Crippen LogP contribution in [0.3, 0.4) is 0 Å². The number of hydrogen-bond donors (Lipinski definition) is 3. The molecule has 20 heavy (non-hydrogen) atoms. The molecule has 1 aromatic rings. The summed E-state index contributed by atoms with van der Waals surface area (Å²) in [7, 11) is 0. The summed E-state index contributed by atoms with van der Waals surface area (Å²) in [6.45, 7) is 8.68. The van der Waals surface area contributed by atoms with Crippen molar-refractivity contribution in [3.8, 4) is 0 Å². The number of nitrogens with one attached hydrogen (secondary N) is 1. The summed E-state index contributed by atoms with van der Waals surface area (Å²) in [5.41, 5.74) is 2.25. The monoisotopic (exact) mass is 279 g/mol. The number of aliphatic hydroxyl groups excluding tert-OH is 2. The van der Waals surface area contributed by atoms with Gasteiger partial charge >= 0.3 is 0 Å². The molecule has 3 N–H and O–H groups in total. The molecule has 0 fully saturated rings. The Morgan fingerprint density at radius 3 is 1.95 bits per heavy atom. The van der Waals surface area contributed by atoms with Crippen molar-refractivity contribution in [2.45, 2.75) is 64.7 Å². The van der Waals surface area contributed by atoms with Crippen molar-refractivity contribution in [3.63, 3.8) is 0 Å². The van der Waals surface area contributed by atoms with Crippen LogP contribution in [0.15, 0.2) is 24.3 Å². The molecule has 1 rings (SSSR count). The second-order valence-corrected chi connectivity index (χ2v) is 5.69. The van der Waals surface area contributed by atoms with Gasteiger partial charge < -0.3 is 15.5 Å². The van der Waals surface area contributed by atoms with Crippen LogP contribution < -0.4 is 5.32 Å². The minimum atomic E-state index is -0.537. The molecule has 4 atom stereocenters. The first-order chi connectivity index (χ1) is 9.49. The van der Waals surface area contributed by atoms with Crippen LogP contribution in [-0.2, 0) is 0 Å². The van der Waals surface area contributed by atoms with Crippen molar-refractivity contribution in [2.24, 2.45) is 0 Å². The van der Waals surface area contributed by atoms with Gasteiger partial charge in [-0.05, 0) is 36.8 Å². The van der Waals surface area contributed by atoms with Crippen molar-refractivity contribution < 1.29 is 10.2 Å². The third-order valence-corrected chi connectivity index (χ3v) is 3.96. The van der Waals surface area contributed by atoms with Crippen molar-refractivity contribution in [1.29, 1.82) is 0 Å². The maximum Gasteiger partial charge on any atom is 0.0942 e. The van der Waals surface area contributed by atoms with Gasteiger partial charge in [0.2, 0.25) is 0 Å². The van der Waals surface area contributed by atoms with E-state index in [9.17, 15) is 10.2 Å². The van der Waals surface area contributed by atoms with Crippen LogP contribution in [0.5, 0.6) is 0 Å². The van der Waals surface area contributed by atoms with E-state index < -0.39 is 12.2 Å². The molecule has 3 heteroatoms. The molecule has 0 aliphatic heterocycles. The lowest BCUT2D eigenvalue weighted by Crippen LogP contribution is -2.38. The van der Waals surface area contributed by atoms with Gasteiger partial charge in [-0.3, -0.25) is 0 Å². The number of rotatable bonds is 8. The molecule has 4 unspecified atom stereocenters. The lowest BCUT2D eigenvalue weighted by molar-refractivity contribution is 0.112. The highest BCUT2D eigenvalue weighted by Crippen LogP contribution is 2.23. The minimum Gasteiger partial charge on any atom is -0.392 e. The fraction of sp³-hybridized carbons (Fsp3) is 0.647. The quantitative estimate of drug-likeness (QED) is 0.685. The summed E-state index contributed by atoms with van der Waals surface area (Å²) in [4.78, 5) is 0. The molecular weight excluding hydrogens is 250 g/mol. The van der Waals surface area contributed by atoms with Crippen LogP contribution in [-0.4, -0.2) is 28.9 Å². The Labute approximate surface area is 123 Å². The van der Waals surface area contributed by atoms with Gasteiger partial charge in [0.05, 0.1) is 12.2 Å².